The van der Waals surface area contributed by atoms with E-state index in [1.165, 1.54) is 11.3 Å². The van der Waals surface area contributed by atoms with Gasteiger partial charge in [0.1, 0.15) is 10.9 Å². The zero-order valence-electron chi connectivity index (χ0n) is 15.1. The Morgan fingerprint density at radius 3 is 2.69 bits per heavy atom. The van der Waals surface area contributed by atoms with E-state index in [9.17, 15) is 9.59 Å². The molecule has 2 heterocycles. The van der Waals surface area contributed by atoms with Gasteiger partial charge in [-0.05, 0) is 32.4 Å². The van der Waals surface area contributed by atoms with Gasteiger partial charge >= 0.3 is 0 Å². The summed E-state index contributed by atoms with van der Waals surface area (Å²) in [5.41, 5.74) is 2.05. The van der Waals surface area contributed by atoms with Gasteiger partial charge in [-0.3, -0.25) is 14.3 Å². The van der Waals surface area contributed by atoms with Crippen LogP contribution in [0.15, 0.2) is 36.4 Å². The number of benzene rings is 1. The van der Waals surface area contributed by atoms with Crippen molar-refractivity contribution in [1.29, 1.82) is 0 Å². The lowest BCUT2D eigenvalue weighted by molar-refractivity contribution is -0.122. The number of aromatic nitrogens is 2. The van der Waals surface area contributed by atoms with Crippen molar-refractivity contribution in [2.24, 2.45) is 0 Å². The van der Waals surface area contributed by atoms with Crippen LogP contribution in [0, 0.1) is 6.92 Å². The van der Waals surface area contributed by atoms with E-state index in [1.807, 2.05) is 42.8 Å². The van der Waals surface area contributed by atoms with Crippen LogP contribution in [-0.4, -0.2) is 34.2 Å². The molecule has 1 aromatic carbocycles. The molecule has 0 unspecified atom stereocenters. The highest BCUT2D eigenvalue weighted by Gasteiger charge is 2.20. The number of nitrogens with zero attached hydrogens (tertiary/aromatic N) is 2. The molecular weight excluding hydrogens is 348 g/mol. The summed E-state index contributed by atoms with van der Waals surface area (Å²) in [6, 6.07) is 11.4. The zero-order chi connectivity index (χ0) is 18.7. The maximum absolute atomic E-state index is 12.5. The van der Waals surface area contributed by atoms with E-state index in [4.69, 9.17) is 0 Å². The summed E-state index contributed by atoms with van der Waals surface area (Å²) in [6.07, 6.45) is 0. The molecule has 0 aliphatic carbocycles. The highest BCUT2D eigenvalue weighted by atomic mass is 32.1. The summed E-state index contributed by atoms with van der Waals surface area (Å²) in [5.74, 6) is -0.427. The molecule has 0 aliphatic rings. The smallest absolute Gasteiger partial charge is 0.262 e. The Kier molecular flexibility index (Phi) is 5.37. The maximum Gasteiger partial charge on any atom is 0.262 e. The van der Waals surface area contributed by atoms with E-state index in [0.29, 0.717) is 18.0 Å². The largest absolute Gasteiger partial charge is 0.355 e. The van der Waals surface area contributed by atoms with Crippen LogP contribution in [0.5, 0.6) is 0 Å². The number of fused-ring (bicyclic) bond motifs is 1. The van der Waals surface area contributed by atoms with Crippen LogP contribution < -0.4 is 10.6 Å². The summed E-state index contributed by atoms with van der Waals surface area (Å²) in [4.78, 5) is 25.9. The normalized spacial score (nSPS) is 12.1. The Morgan fingerprint density at radius 1 is 1.27 bits per heavy atom. The van der Waals surface area contributed by atoms with Gasteiger partial charge in [-0.1, -0.05) is 30.3 Å². The lowest BCUT2D eigenvalue weighted by atomic mass is 10.2. The van der Waals surface area contributed by atoms with Crippen LogP contribution in [0.2, 0.25) is 0 Å². The SMILES string of the molecule is CCNC(=O)[C@@H](C)NC(=O)c1cc2c(C)nn(Cc3ccccc3)c2s1. The van der Waals surface area contributed by atoms with E-state index in [1.54, 1.807) is 6.92 Å². The van der Waals surface area contributed by atoms with Gasteiger partial charge < -0.3 is 10.6 Å². The average Bonchev–Trinajstić information content (AvgIpc) is 3.18. The first-order chi connectivity index (χ1) is 12.5. The second-order valence-corrected chi connectivity index (χ2v) is 7.18. The Labute approximate surface area is 156 Å². The van der Waals surface area contributed by atoms with Crippen LogP contribution >= 0.6 is 11.3 Å². The number of carbonyl (C=O) groups is 2. The number of aryl methyl sites for hydroxylation is 1. The predicted octanol–water partition coefficient (Wildman–Crippen LogP) is 2.71. The number of rotatable bonds is 6. The number of hydrogen-bond donors (Lipinski definition) is 2. The molecule has 0 saturated carbocycles. The van der Waals surface area contributed by atoms with Gasteiger partial charge in [-0.15, -0.1) is 11.3 Å². The Bertz CT molecular complexity index is 930. The van der Waals surface area contributed by atoms with Crippen molar-refractivity contribution in [2.45, 2.75) is 33.4 Å². The van der Waals surface area contributed by atoms with Crippen molar-refractivity contribution in [3.8, 4) is 0 Å². The third-order valence-corrected chi connectivity index (χ3v) is 5.25. The lowest BCUT2D eigenvalue weighted by Gasteiger charge is -2.12. The number of thiophene rings is 1. The topological polar surface area (TPSA) is 76.0 Å². The van der Waals surface area contributed by atoms with Crippen LogP contribution in [0.4, 0.5) is 0 Å². The molecule has 3 rings (SSSR count). The molecule has 0 saturated heterocycles. The Morgan fingerprint density at radius 2 is 2.00 bits per heavy atom. The first-order valence-electron chi connectivity index (χ1n) is 8.59. The standard InChI is InChI=1S/C19H22N4O2S/c1-4-20-17(24)13(3)21-18(25)16-10-15-12(2)22-23(19(15)26-16)11-14-8-6-5-7-9-14/h5-10,13H,4,11H2,1-3H3,(H,20,24)(H,21,25)/t13-/m1/s1. The number of carbonyl (C=O) groups excluding carboxylic acids is 2. The fourth-order valence-corrected chi connectivity index (χ4v) is 3.81. The maximum atomic E-state index is 12.5. The highest BCUT2D eigenvalue weighted by molar-refractivity contribution is 7.20. The lowest BCUT2D eigenvalue weighted by Crippen LogP contribution is -2.44. The summed E-state index contributed by atoms with van der Waals surface area (Å²) < 4.78 is 1.93. The molecule has 2 amide bonds. The molecule has 3 aromatic rings. The summed E-state index contributed by atoms with van der Waals surface area (Å²) in [7, 11) is 0. The van der Waals surface area contributed by atoms with Crippen LogP contribution in [0.1, 0.15) is 34.8 Å². The quantitative estimate of drug-likeness (QED) is 0.700. The predicted molar refractivity (Wildman–Crippen MR) is 104 cm³/mol. The summed E-state index contributed by atoms with van der Waals surface area (Å²) in [6.45, 7) is 6.66. The minimum absolute atomic E-state index is 0.187. The third kappa shape index (κ3) is 3.77. The minimum atomic E-state index is -0.574. The molecule has 0 fully saturated rings. The van der Waals surface area contributed by atoms with Gasteiger partial charge in [0.2, 0.25) is 5.91 Å². The average molecular weight is 370 g/mol. The second-order valence-electron chi connectivity index (χ2n) is 6.15. The molecule has 2 N–H and O–H groups in total. The van der Waals surface area contributed by atoms with Crippen molar-refractivity contribution in [2.75, 3.05) is 6.54 Å². The van der Waals surface area contributed by atoms with Gasteiger partial charge in [0, 0.05) is 11.9 Å². The number of nitrogens with one attached hydrogen (secondary N) is 2. The fourth-order valence-electron chi connectivity index (χ4n) is 2.75. The summed E-state index contributed by atoms with van der Waals surface area (Å²) in [5, 5.41) is 11.0. The molecule has 7 heteroatoms. The van der Waals surface area contributed by atoms with Gasteiger partial charge in [0.25, 0.3) is 5.91 Å². The van der Waals surface area contributed by atoms with E-state index >= 15 is 0 Å². The molecule has 1 atom stereocenters. The molecule has 0 bridgehead atoms. The Hall–Kier alpha value is -2.67. The molecule has 0 aliphatic heterocycles. The molecule has 6 nitrogen and oxygen atoms in total. The monoisotopic (exact) mass is 370 g/mol. The van der Waals surface area contributed by atoms with Crippen LogP contribution in [0.3, 0.4) is 0 Å². The van der Waals surface area contributed by atoms with E-state index in [2.05, 4.69) is 27.9 Å². The summed E-state index contributed by atoms with van der Waals surface area (Å²) >= 11 is 1.40. The first kappa shape index (κ1) is 18.1. The van der Waals surface area contributed by atoms with Crippen molar-refractivity contribution in [3.05, 3.63) is 52.5 Å². The molecular formula is C19H22N4O2S. The van der Waals surface area contributed by atoms with Crippen LogP contribution in [0.25, 0.3) is 10.2 Å². The van der Waals surface area contributed by atoms with E-state index in [-0.39, 0.29) is 11.8 Å². The zero-order valence-corrected chi connectivity index (χ0v) is 15.9. The highest BCUT2D eigenvalue weighted by Crippen LogP contribution is 2.28. The molecule has 0 radical (unpaired) electrons. The number of amides is 2. The molecule has 26 heavy (non-hydrogen) atoms. The van der Waals surface area contributed by atoms with E-state index < -0.39 is 6.04 Å². The van der Waals surface area contributed by atoms with Crippen LogP contribution in [-0.2, 0) is 11.3 Å². The Balaban J connectivity index is 1.82. The van der Waals surface area contributed by atoms with Crippen molar-refractivity contribution in [1.82, 2.24) is 20.4 Å². The van der Waals surface area contributed by atoms with Gasteiger partial charge in [0.05, 0.1) is 17.1 Å². The van der Waals surface area contributed by atoms with Gasteiger partial charge in [-0.25, -0.2) is 0 Å². The molecule has 2 aromatic heterocycles. The third-order valence-electron chi connectivity index (χ3n) is 4.10. The minimum Gasteiger partial charge on any atom is -0.355 e. The van der Waals surface area contributed by atoms with Crippen molar-refractivity contribution >= 4 is 33.4 Å². The van der Waals surface area contributed by atoms with Gasteiger partial charge in [0.15, 0.2) is 0 Å². The second kappa shape index (κ2) is 7.70. The number of hydrogen-bond acceptors (Lipinski definition) is 4. The van der Waals surface area contributed by atoms with Crippen molar-refractivity contribution < 1.29 is 9.59 Å². The number of likely N-dealkylation sites (N-methyl/N-ethyl adjacent to an activating group) is 1. The van der Waals surface area contributed by atoms with Crippen molar-refractivity contribution in [3.63, 3.8) is 0 Å². The first-order valence-corrected chi connectivity index (χ1v) is 9.40. The molecule has 136 valence electrons. The fraction of sp³-hybridized carbons (Fsp3) is 0.316. The van der Waals surface area contributed by atoms with E-state index in [0.717, 1.165) is 21.5 Å². The molecule has 0 spiro atoms. The van der Waals surface area contributed by atoms with Gasteiger partial charge in [-0.2, -0.15) is 5.10 Å².